The summed E-state index contributed by atoms with van der Waals surface area (Å²) >= 11 is 0. The summed E-state index contributed by atoms with van der Waals surface area (Å²) in [6, 6.07) is 0. The molecule has 1 atom stereocenters. The summed E-state index contributed by atoms with van der Waals surface area (Å²) in [5.74, 6) is -0.166. The highest BCUT2D eigenvalue weighted by molar-refractivity contribution is 5.92. The molecule has 9 nitrogen and oxygen atoms in total. The van der Waals surface area contributed by atoms with E-state index >= 15 is 0 Å². The fraction of sp³-hybridized carbons (Fsp3) is 0.786. The molecule has 2 fully saturated rings. The Hall–Kier alpha value is -1.55. The van der Waals surface area contributed by atoms with Gasteiger partial charge in [0.25, 0.3) is 5.91 Å². The molecule has 3 N–H and O–H groups in total. The average molecular weight is 323 g/mol. The van der Waals surface area contributed by atoms with E-state index in [-0.39, 0.29) is 5.91 Å². The second-order valence-electron chi connectivity index (χ2n) is 6.07. The molecule has 9 heteroatoms. The Kier molecular flexibility index (Phi) is 5.55. The van der Waals surface area contributed by atoms with Gasteiger partial charge in [0.1, 0.15) is 0 Å². The van der Waals surface area contributed by atoms with Gasteiger partial charge in [-0.25, -0.2) is 0 Å². The van der Waals surface area contributed by atoms with Crippen molar-refractivity contribution in [3.05, 3.63) is 11.9 Å². The van der Waals surface area contributed by atoms with E-state index in [0.29, 0.717) is 31.9 Å². The number of piperazine rings is 1. The molecule has 2 saturated heterocycles. The lowest BCUT2D eigenvalue weighted by Crippen LogP contribution is -2.44. The molecule has 0 bridgehead atoms. The molecule has 0 aliphatic carbocycles. The molecule has 0 spiro atoms. The number of aliphatic hydroxyl groups excluding tert-OH is 1. The normalized spacial score (nSPS) is 23.7. The van der Waals surface area contributed by atoms with Crippen LogP contribution in [0.15, 0.2) is 6.20 Å². The van der Waals surface area contributed by atoms with E-state index in [1.54, 1.807) is 15.8 Å². The summed E-state index contributed by atoms with van der Waals surface area (Å²) in [5, 5.41) is 24.3. The summed E-state index contributed by atoms with van der Waals surface area (Å²) in [6.45, 7) is 7.86. The monoisotopic (exact) mass is 323 g/mol. The summed E-state index contributed by atoms with van der Waals surface area (Å²) in [6.07, 6.45) is 1.17. The first-order chi connectivity index (χ1) is 11.2. The maximum Gasteiger partial charge on any atom is 0.276 e. The van der Waals surface area contributed by atoms with Crippen LogP contribution in [0.25, 0.3) is 0 Å². The lowest BCUT2D eigenvalue weighted by molar-refractivity contribution is 0.0667. The largest absolute Gasteiger partial charge is 0.390 e. The Morgan fingerprint density at radius 1 is 1.22 bits per heavy atom. The molecule has 0 radical (unpaired) electrons. The molecule has 1 aromatic rings. The van der Waals surface area contributed by atoms with Crippen LogP contribution in [0.2, 0.25) is 0 Å². The third kappa shape index (κ3) is 4.47. The van der Waals surface area contributed by atoms with Gasteiger partial charge >= 0.3 is 0 Å². The van der Waals surface area contributed by atoms with Crippen LogP contribution in [0.5, 0.6) is 0 Å². The zero-order valence-corrected chi connectivity index (χ0v) is 13.3. The average Bonchev–Trinajstić information content (AvgIpc) is 2.94. The second kappa shape index (κ2) is 7.82. The van der Waals surface area contributed by atoms with Crippen molar-refractivity contribution in [3.8, 4) is 0 Å². The number of rotatable bonds is 4. The number of amides is 1. The Balaban J connectivity index is 1.54. The molecule has 128 valence electrons. The van der Waals surface area contributed by atoms with Crippen molar-refractivity contribution in [1.29, 1.82) is 0 Å². The Morgan fingerprint density at radius 3 is 2.83 bits per heavy atom. The number of hydrogen-bond acceptors (Lipinski definition) is 7. The molecule has 3 rings (SSSR count). The summed E-state index contributed by atoms with van der Waals surface area (Å²) < 4.78 is 1.72. The minimum Gasteiger partial charge on any atom is -0.390 e. The number of carbonyl (C=O) groups is 1. The van der Waals surface area contributed by atoms with E-state index in [9.17, 15) is 9.90 Å². The minimum absolute atomic E-state index is 0.166. The number of β-amino-alcohol motifs (C(OH)–C–C–N with tert-alkyl or cyclic N) is 1. The molecule has 2 aliphatic rings. The van der Waals surface area contributed by atoms with Crippen LogP contribution in [0, 0.1) is 0 Å². The highest BCUT2D eigenvalue weighted by Crippen LogP contribution is 2.04. The van der Waals surface area contributed by atoms with Gasteiger partial charge in [-0.3, -0.25) is 14.4 Å². The van der Waals surface area contributed by atoms with Crippen LogP contribution in [0.3, 0.4) is 0 Å². The zero-order valence-electron chi connectivity index (χ0n) is 13.3. The van der Waals surface area contributed by atoms with Gasteiger partial charge in [0, 0.05) is 58.9 Å². The first-order valence-corrected chi connectivity index (χ1v) is 8.23. The molecular weight excluding hydrogens is 298 g/mol. The predicted octanol–water partition coefficient (Wildman–Crippen LogP) is -2.41. The summed E-state index contributed by atoms with van der Waals surface area (Å²) in [7, 11) is 0. The molecule has 0 aromatic carbocycles. The van der Waals surface area contributed by atoms with Gasteiger partial charge in [-0.05, 0) is 0 Å². The smallest absolute Gasteiger partial charge is 0.276 e. The van der Waals surface area contributed by atoms with Gasteiger partial charge in [-0.1, -0.05) is 5.21 Å². The van der Waals surface area contributed by atoms with Crippen LogP contribution < -0.4 is 10.6 Å². The SMILES string of the molecule is O=C(c1cn(CCN2CCNCC2)nn1)N1CCNC[C@@H](O)C1. The van der Waals surface area contributed by atoms with E-state index in [1.165, 1.54) is 0 Å². The fourth-order valence-electron chi connectivity index (χ4n) is 2.92. The topological polar surface area (TPSA) is 98.6 Å². The van der Waals surface area contributed by atoms with Gasteiger partial charge in [-0.2, -0.15) is 0 Å². The number of nitrogens with zero attached hydrogens (tertiary/aromatic N) is 5. The molecule has 1 aromatic heterocycles. The number of nitrogens with one attached hydrogen (secondary N) is 2. The number of hydrogen-bond donors (Lipinski definition) is 3. The molecule has 3 heterocycles. The van der Waals surface area contributed by atoms with Crippen LogP contribution in [0.1, 0.15) is 10.5 Å². The van der Waals surface area contributed by atoms with Crippen molar-refractivity contribution in [2.24, 2.45) is 0 Å². The maximum atomic E-state index is 12.5. The van der Waals surface area contributed by atoms with Crippen molar-refractivity contribution >= 4 is 5.91 Å². The van der Waals surface area contributed by atoms with Gasteiger partial charge in [0.05, 0.1) is 18.8 Å². The Bertz CT molecular complexity index is 515. The maximum absolute atomic E-state index is 12.5. The van der Waals surface area contributed by atoms with Gasteiger partial charge in [0.2, 0.25) is 0 Å². The van der Waals surface area contributed by atoms with Crippen LogP contribution in [-0.4, -0.2) is 101 Å². The van der Waals surface area contributed by atoms with Crippen molar-refractivity contribution in [2.75, 3.05) is 58.9 Å². The van der Waals surface area contributed by atoms with E-state index in [4.69, 9.17) is 0 Å². The van der Waals surface area contributed by atoms with Gasteiger partial charge < -0.3 is 20.6 Å². The van der Waals surface area contributed by atoms with Crippen molar-refractivity contribution < 1.29 is 9.90 Å². The lowest BCUT2D eigenvalue weighted by Gasteiger charge is -2.26. The third-order valence-corrected chi connectivity index (χ3v) is 4.27. The van der Waals surface area contributed by atoms with Crippen LogP contribution in [-0.2, 0) is 6.54 Å². The van der Waals surface area contributed by atoms with E-state index in [1.807, 2.05) is 0 Å². The Morgan fingerprint density at radius 2 is 2.00 bits per heavy atom. The molecular formula is C14H25N7O2. The quantitative estimate of drug-likeness (QED) is 0.568. The van der Waals surface area contributed by atoms with Crippen molar-refractivity contribution in [2.45, 2.75) is 12.6 Å². The van der Waals surface area contributed by atoms with Crippen LogP contribution in [0.4, 0.5) is 0 Å². The van der Waals surface area contributed by atoms with E-state index in [0.717, 1.165) is 39.3 Å². The highest BCUT2D eigenvalue weighted by Gasteiger charge is 2.23. The molecule has 23 heavy (non-hydrogen) atoms. The number of aromatic nitrogens is 3. The number of carbonyl (C=O) groups excluding carboxylic acids is 1. The van der Waals surface area contributed by atoms with Gasteiger partial charge in [-0.15, -0.1) is 5.10 Å². The van der Waals surface area contributed by atoms with Gasteiger partial charge in [0.15, 0.2) is 5.69 Å². The summed E-state index contributed by atoms with van der Waals surface area (Å²) in [5.41, 5.74) is 0.347. The Labute approximate surface area is 135 Å². The summed E-state index contributed by atoms with van der Waals surface area (Å²) in [4.78, 5) is 16.5. The molecule has 1 amide bonds. The zero-order chi connectivity index (χ0) is 16.1. The standard InChI is InChI=1S/C14H25N7O2/c22-12-9-16-3-6-20(10-12)14(23)13-11-21(18-17-13)8-7-19-4-1-15-2-5-19/h11-12,15-16,22H,1-10H2/t12-/m1/s1. The van der Waals surface area contributed by atoms with Crippen molar-refractivity contribution in [1.82, 2.24) is 35.4 Å². The minimum atomic E-state index is -0.538. The highest BCUT2D eigenvalue weighted by atomic mass is 16.3. The van der Waals surface area contributed by atoms with E-state index < -0.39 is 6.10 Å². The van der Waals surface area contributed by atoms with E-state index in [2.05, 4.69) is 25.8 Å². The second-order valence-corrected chi connectivity index (χ2v) is 6.07. The third-order valence-electron chi connectivity index (χ3n) is 4.27. The van der Waals surface area contributed by atoms with Crippen LogP contribution >= 0.6 is 0 Å². The lowest BCUT2D eigenvalue weighted by atomic mass is 10.3. The number of aliphatic hydroxyl groups is 1. The first-order valence-electron chi connectivity index (χ1n) is 8.23. The predicted molar refractivity (Wildman–Crippen MR) is 84.1 cm³/mol. The molecule has 0 saturated carbocycles. The first kappa shape index (κ1) is 16.3. The molecule has 0 unspecified atom stereocenters. The molecule has 2 aliphatic heterocycles. The fourth-order valence-corrected chi connectivity index (χ4v) is 2.92. The van der Waals surface area contributed by atoms with Crippen molar-refractivity contribution in [3.63, 3.8) is 0 Å².